The third-order valence-electron chi connectivity index (χ3n) is 3.67. The Kier molecular flexibility index (Phi) is 5.63. The molecule has 0 saturated heterocycles. The first-order chi connectivity index (χ1) is 11.0. The third kappa shape index (κ3) is 4.49. The van der Waals surface area contributed by atoms with Crippen LogP contribution in [-0.2, 0) is 11.2 Å². The number of para-hydroxylation sites is 1. The number of benzene rings is 2. The fourth-order valence-electron chi connectivity index (χ4n) is 2.37. The smallest absolute Gasteiger partial charge is 0.345 e. The first-order valence-corrected chi connectivity index (χ1v) is 7.62. The van der Waals surface area contributed by atoms with Gasteiger partial charge in [0, 0.05) is 6.42 Å². The van der Waals surface area contributed by atoms with Crippen LogP contribution in [0.4, 0.5) is 0 Å². The van der Waals surface area contributed by atoms with Crippen LogP contribution in [0.3, 0.4) is 0 Å². The zero-order valence-corrected chi connectivity index (χ0v) is 13.7. The number of aliphatic carboxylic acids is 1. The molecule has 0 fully saturated rings. The Labute approximate surface area is 136 Å². The van der Waals surface area contributed by atoms with E-state index < -0.39 is 12.1 Å². The zero-order chi connectivity index (χ0) is 16.8. The largest absolute Gasteiger partial charge is 0.497 e. The van der Waals surface area contributed by atoms with Crippen molar-refractivity contribution in [3.8, 4) is 11.5 Å². The number of carboxylic acid groups (broad SMARTS) is 1. The molecule has 0 spiro atoms. The number of ether oxygens (including phenoxy) is 2. The quantitative estimate of drug-likeness (QED) is 0.842. The lowest BCUT2D eigenvalue weighted by Crippen LogP contribution is -2.29. The van der Waals surface area contributed by atoms with E-state index in [2.05, 4.69) is 13.8 Å². The molecule has 0 amide bonds. The topological polar surface area (TPSA) is 55.8 Å². The van der Waals surface area contributed by atoms with E-state index in [1.54, 1.807) is 7.11 Å². The molecule has 2 rings (SSSR count). The molecule has 4 nitrogen and oxygen atoms in total. The minimum Gasteiger partial charge on any atom is -0.497 e. The van der Waals surface area contributed by atoms with Crippen LogP contribution < -0.4 is 9.47 Å². The van der Waals surface area contributed by atoms with E-state index in [1.165, 1.54) is 0 Å². The molecule has 0 saturated carbocycles. The minimum absolute atomic E-state index is 0.265. The molecule has 2 aromatic rings. The summed E-state index contributed by atoms with van der Waals surface area (Å²) in [7, 11) is 1.60. The SMILES string of the molecule is COc1ccc(C[C@@H](Oc2ccccc2C(C)C)C(=O)O)cc1. The Hall–Kier alpha value is -2.49. The number of hydrogen-bond donors (Lipinski definition) is 1. The van der Waals surface area contributed by atoms with Gasteiger partial charge < -0.3 is 14.6 Å². The molecule has 0 aromatic heterocycles. The molecular weight excluding hydrogens is 292 g/mol. The van der Waals surface area contributed by atoms with Crippen molar-refractivity contribution >= 4 is 5.97 Å². The predicted molar refractivity (Wildman–Crippen MR) is 89.3 cm³/mol. The maximum Gasteiger partial charge on any atom is 0.345 e. The Bertz CT molecular complexity index is 647. The van der Waals surface area contributed by atoms with E-state index in [0.29, 0.717) is 12.2 Å². The van der Waals surface area contributed by atoms with Crippen molar-refractivity contribution in [3.63, 3.8) is 0 Å². The lowest BCUT2D eigenvalue weighted by atomic mass is 10.0. The van der Waals surface area contributed by atoms with Crippen LogP contribution in [-0.4, -0.2) is 24.3 Å². The van der Waals surface area contributed by atoms with Gasteiger partial charge in [-0.2, -0.15) is 0 Å². The van der Waals surface area contributed by atoms with Crippen molar-refractivity contribution < 1.29 is 19.4 Å². The number of carbonyl (C=O) groups is 1. The minimum atomic E-state index is -0.973. The van der Waals surface area contributed by atoms with Crippen LogP contribution in [0.15, 0.2) is 48.5 Å². The van der Waals surface area contributed by atoms with Crippen molar-refractivity contribution in [1.29, 1.82) is 0 Å². The summed E-state index contributed by atoms with van der Waals surface area (Å²) in [6, 6.07) is 14.9. The van der Waals surface area contributed by atoms with Crippen molar-refractivity contribution in [2.45, 2.75) is 32.3 Å². The molecule has 0 bridgehead atoms. The highest BCUT2D eigenvalue weighted by Gasteiger charge is 2.21. The van der Waals surface area contributed by atoms with Crippen LogP contribution in [0.25, 0.3) is 0 Å². The summed E-state index contributed by atoms with van der Waals surface area (Å²) in [5, 5.41) is 9.48. The van der Waals surface area contributed by atoms with Crippen molar-refractivity contribution in [3.05, 3.63) is 59.7 Å². The molecule has 0 aliphatic heterocycles. The fourth-order valence-corrected chi connectivity index (χ4v) is 2.37. The zero-order valence-electron chi connectivity index (χ0n) is 13.7. The number of carboxylic acids is 1. The van der Waals surface area contributed by atoms with Crippen LogP contribution in [0.5, 0.6) is 11.5 Å². The number of rotatable bonds is 7. The van der Waals surface area contributed by atoms with Crippen LogP contribution in [0, 0.1) is 0 Å². The number of hydrogen-bond acceptors (Lipinski definition) is 3. The second-order valence-corrected chi connectivity index (χ2v) is 5.69. The Morgan fingerprint density at radius 1 is 1.09 bits per heavy atom. The van der Waals surface area contributed by atoms with Gasteiger partial charge in [-0.05, 0) is 35.2 Å². The Morgan fingerprint density at radius 3 is 2.30 bits per heavy atom. The van der Waals surface area contributed by atoms with Gasteiger partial charge in [0.05, 0.1) is 7.11 Å². The molecule has 0 heterocycles. The second-order valence-electron chi connectivity index (χ2n) is 5.69. The van der Waals surface area contributed by atoms with E-state index >= 15 is 0 Å². The standard InChI is InChI=1S/C19H22O4/c1-13(2)16-6-4-5-7-17(16)23-18(19(20)21)12-14-8-10-15(22-3)11-9-14/h4-11,13,18H,12H2,1-3H3,(H,20,21)/t18-/m1/s1. The van der Waals surface area contributed by atoms with Gasteiger partial charge in [-0.25, -0.2) is 4.79 Å². The van der Waals surface area contributed by atoms with E-state index in [-0.39, 0.29) is 5.92 Å². The molecule has 1 N–H and O–H groups in total. The molecule has 2 aromatic carbocycles. The van der Waals surface area contributed by atoms with Gasteiger partial charge in [-0.3, -0.25) is 0 Å². The average molecular weight is 314 g/mol. The highest BCUT2D eigenvalue weighted by molar-refractivity contribution is 5.73. The molecule has 4 heteroatoms. The lowest BCUT2D eigenvalue weighted by Gasteiger charge is -2.19. The van der Waals surface area contributed by atoms with Gasteiger partial charge >= 0.3 is 5.97 Å². The van der Waals surface area contributed by atoms with Gasteiger partial charge in [-0.1, -0.05) is 44.2 Å². The lowest BCUT2D eigenvalue weighted by molar-refractivity contribution is -0.145. The molecule has 0 aliphatic rings. The Morgan fingerprint density at radius 2 is 1.74 bits per heavy atom. The van der Waals surface area contributed by atoms with Gasteiger partial charge in [0.2, 0.25) is 0 Å². The van der Waals surface area contributed by atoms with Gasteiger partial charge in [0.1, 0.15) is 11.5 Å². The average Bonchev–Trinajstić information content (AvgIpc) is 2.55. The molecule has 0 aliphatic carbocycles. The monoisotopic (exact) mass is 314 g/mol. The molecule has 23 heavy (non-hydrogen) atoms. The normalized spacial score (nSPS) is 12.0. The molecule has 122 valence electrons. The fraction of sp³-hybridized carbons (Fsp3) is 0.316. The van der Waals surface area contributed by atoms with E-state index in [4.69, 9.17) is 9.47 Å². The van der Waals surface area contributed by atoms with Gasteiger partial charge in [0.15, 0.2) is 6.10 Å². The summed E-state index contributed by atoms with van der Waals surface area (Å²) in [5.41, 5.74) is 1.90. The highest BCUT2D eigenvalue weighted by atomic mass is 16.5. The third-order valence-corrected chi connectivity index (χ3v) is 3.67. The first kappa shape index (κ1) is 16.9. The van der Waals surface area contributed by atoms with Crippen molar-refractivity contribution in [2.75, 3.05) is 7.11 Å². The van der Waals surface area contributed by atoms with Gasteiger partial charge in [-0.15, -0.1) is 0 Å². The second kappa shape index (κ2) is 7.68. The van der Waals surface area contributed by atoms with Crippen molar-refractivity contribution in [1.82, 2.24) is 0 Å². The summed E-state index contributed by atoms with van der Waals surface area (Å²) in [4.78, 5) is 11.6. The highest BCUT2D eigenvalue weighted by Crippen LogP contribution is 2.27. The summed E-state index contributed by atoms with van der Waals surface area (Å²) in [6.45, 7) is 4.11. The number of methoxy groups -OCH3 is 1. The first-order valence-electron chi connectivity index (χ1n) is 7.62. The summed E-state index contributed by atoms with van der Waals surface area (Å²) in [5.74, 6) is 0.663. The maximum atomic E-state index is 11.6. The Balaban J connectivity index is 2.17. The molecule has 0 unspecified atom stereocenters. The van der Waals surface area contributed by atoms with Crippen LogP contribution >= 0.6 is 0 Å². The van der Waals surface area contributed by atoms with Crippen LogP contribution in [0.1, 0.15) is 30.9 Å². The molecular formula is C19H22O4. The van der Waals surface area contributed by atoms with Gasteiger partial charge in [0.25, 0.3) is 0 Å². The van der Waals surface area contributed by atoms with E-state index in [9.17, 15) is 9.90 Å². The van der Waals surface area contributed by atoms with E-state index in [0.717, 1.165) is 16.9 Å². The summed E-state index contributed by atoms with van der Waals surface area (Å²) < 4.78 is 10.9. The van der Waals surface area contributed by atoms with E-state index in [1.807, 2.05) is 48.5 Å². The molecule has 0 radical (unpaired) electrons. The summed E-state index contributed by atoms with van der Waals surface area (Å²) in [6.07, 6.45) is -0.630. The molecule has 1 atom stereocenters. The van der Waals surface area contributed by atoms with Crippen LogP contribution in [0.2, 0.25) is 0 Å². The predicted octanol–water partition coefficient (Wildman–Crippen LogP) is 3.89. The maximum absolute atomic E-state index is 11.6. The van der Waals surface area contributed by atoms with Crippen molar-refractivity contribution in [2.24, 2.45) is 0 Å². The summed E-state index contributed by atoms with van der Waals surface area (Å²) >= 11 is 0.